The normalized spacial score (nSPS) is 15.7. The molecule has 0 unspecified atom stereocenters. The van der Waals surface area contributed by atoms with E-state index in [2.05, 4.69) is 15.8 Å². The Hall–Kier alpha value is -2.01. The van der Waals surface area contributed by atoms with Crippen LogP contribution in [0.5, 0.6) is 0 Å². The minimum absolute atomic E-state index is 0.401. The summed E-state index contributed by atoms with van der Waals surface area (Å²) in [6.07, 6.45) is 5.74. The molecule has 0 saturated carbocycles. The second kappa shape index (κ2) is 4.03. The molecule has 0 saturated heterocycles. The molecule has 3 heterocycles. The highest BCUT2D eigenvalue weighted by Crippen LogP contribution is 2.47. The minimum atomic E-state index is -0.618. The van der Waals surface area contributed by atoms with E-state index < -0.39 is 16.8 Å². The van der Waals surface area contributed by atoms with E-state index in [0.29, 0.717) is 5.69 Å². The molecule has 0 bridgehead atoms. The summed E-state index contributed by atoms with van der Waals surface area (Å²) in [4.78, 5) is 17.1. The number of allylic oxidation sites excluding steroid dienone is 2. The summed E-state index contributed by atoms with van der Waals surface area (Å²) >= 11 is 0. The predicted octanol–water partition coefficient (Wildman–Crippen LogP) is 2.07. The number of pyridine rings is 1. The standard InChI is InChI=1S/C13H13N3OS/c1-16-9-5-4-6-15-10(9)12(11(16)13(14)17)18-7-2-3-8-18/h2-8,18H,1H3,(H2,14,17). The van der Waals surface area contributed by atoms with Gasteiger partial charge in [-0.25, -0.2) is 0 Å². The van der Waals surface area contributed by atoms with Gasteiger partial charge >= 0.3 is 0 Å². The molecule has 0 radical (unpaired) electrons. The van der Waals surface area contributed by atoms with E-state index in [0.717, 1.165) is 15.9 Å². The Morgan fingerprint density at radius 1 is 1.39 bits per heavy atom. The van der Waals surface area contributed by atoms with Crippen molar-refractivity contribution in [2.75, 3.05) is 0 Å². The van der Waals surface area contributed by atoms with Crippen molar-refractivity contribution in [1.82, 2.24) is 9.55 Å². The lowest BCUT2D eigenvalue weighted by atomic mass is 10.3. The van der Waals surface area contributed by atoms with Crippen LogP contribution in [0.1, 0.15) is 10.5 Å². The molecule has 0 aliphatic carbocycles. The fraction of sp³-hybridized carbons (Fsp3) is 0.0769. The van der Waals surface area contributed by atoms with Crippen molar-refractivity contribution in [3.05, 3.63) is 47.0 Å². The van der Waals surface area contributed by atoms with E-state index in [1.165, 1.54) is 0 Å². The van der Waals surface area contributed by atoms with Crippen LogP contribution in [0.2, 0.25) is 0 Å². The van der Waals surface area contributed by atoms with Crippen LogP contribution in [0, 0.1) is 0 Å². The quantitative estimate of drug-likeness (QED) is 0.811. The monoisotopic (exact) mass is 259 g/mol. The number of hydrogen-bond donors (Lipinski definition) is 2. The lowest BCUT2D eigenvalue weighted by Crippen LogP contribution is -2.16. The van der Waals surface area contributed by atoms with Gasteiger partial charge < -0.3 is 10.3 Å². The van der Waals surface area contributed by atoms with E-state index in [4.69, 9.17) is 5.73 Å². The van der Waals surface area contributed by atoms with Crippen molar-refractivity contribution in [3.63, 3.8) is 0 Å². The van der Waals surface area contributed by atoms with Crippen LogP contribution in [0.15, 0.2) is 46.2 Å². The molecule has 0 spiro atoms. The highest BCUT2D eigenvalue weighted by Gasteiger charge is 2.23. The molecule has 5 heteroatoms. The number of aryl methyl sites for hydroxylation is 1. The van der Waals surface area contributed by atoms with E-state index in [-0.39, 0.29) is 0 Å². The third kappa shape index (κ3) is 1.48. The largest absolute Gasteiger partial charge is 0.364 e. The van der Waals surface area contributed by atoms with Crippen molar-refractivity contribution in [2.45, 2.75) is 4.90 Å². The average Bonchev–Trinajstić information content (AvgIpc) is 2.96. The highest BCUT2D eigenvalue weighted by atomic mass is 32.2. The lowest BCUT2D eigenvalue weighted by molar-refractivity contribution is 0.0990. The molecule has 92 valence electrons. The molecule has 2 aromatic rings. The summed E-state index contributed by atoms with van der Waals surface area (Å²) in [6.45, 7) is 0. The zero-order valence-corrected chi connectivity index (χ0v) is 10.8. The van der Waals surface area contributed by atoms with Crippen LogP contribution < -0.4 is 5.73 Å². The lowest BCUT2D eigenvalue weighted by Gasteiger charge is -2.10. The Balaban J connectivity index is 2.39. The third-order valence-corrected chi connectivity index (χ3v) is 4.95. The number of hydrogen-bond acceptors (Lipinski definition) is 2. The molecule has 1 amide bonds. The highest BCUT2D eigenvalue weighted by molar-refractivity contribution is 8.22. The Bertz CT molecular complexity index is 688. The SMILES string of the molecule is Cn1c(C(N)=O)c([SH]2C=CC=C2)c2ncccc21. The number of fused-ring (bicyclic) bond motifs is 1. The summed E-state index contributed by atoms with van der Waals surface area (Å²) < 4.78 is 1.84. The van der Waals surface area contributed by atoms with E-state index in [1.807, 2.05) is 35.9 Å². The van der Waals surface area contributed by atoms with Crippen molar-refractivity contribution in [3.8, 4) is 0 Å². The van der Waals surface area contributed by atoms with Gasteiger partial charge in [-0.1, -0.05) is 12.2 Å². The molecule has 3 rings (SSSR count). The topological polar surface area (TPSA) is 60.9 Å². The molecular formula is C13H13N3OS. The number of amides is 1. The Labute approximate surface area is 107 Å². The number of primary amides is 1. The zero-order chi connectivity index (χ0) is 12.7. The first kappa shape index (κ1) is 11.1. The van der Waals surface area contributed by atoms with Gasteiger partial charge in [0, 0.05) is 13.2 Å². The first-order valence-electron chi connectivity index (χ1n) is 5.56. The second-order valence-corrected chi connectivity index (χ2v) is 5.94. The molecule has 2 N–H and O–H groups in total. The van der Waals surface area contributed by atoms with Gasteiger partial charge in [0.05, 0.1) is 10.4 Å². The number of nitrogens with two attached hydrogens (primary N) is 1. The molecule has 1 aliphatic heterocycles. The van der Waals surface area contributed by atoms with Crippen molar-refractivity contribution in [2.24, 2.45) is 12.8 Å². The summed E-state index contributed by atoms with van der Waals surface area (Å²) in [5, 5.41) is 4.20. The molecule has 0 atom stereocenters. The van der Waals surface area contributed by atoms with Crippen LogP contribution in [-0.2, 0) is 7.05 Å². The summed E-state index contributed by atoms with van der Waals surface area (Å²) in [6, 6.07) is 3.82. The van der Waals surface area contributed by atoms with Crippen LogP contribution in [-0.4, -0.2) is 15.5 Å². The van der Waals surface area contributed by atoms with Crippen molar-refractivity contribution in [1.29, 1.82) is 0 Å². The predicted molar refractivity (Wildman–Crippen MR) is 74.8 cm³/mol. The van der Waals surface area contributed by atoms with Crippen molar-refractivity contribution < 1.29 is 4.79 Å². The summed E-state index contributed by atoms with van der Waals surface area (Å²) in [5.41, 5.74) is 7.90. The maximum atomic E-state index is 11.7. The number of aromatic nitrogens is 2. The van der Waals surface area contributed by atoms with Gasteiger partial charge in [0.15, 0.2) is 0 Å². The van der Waals surface area contributed by atoms with Crippen LogP contribution >= 0.6 is 10.9 Å². The van der Waals surface area contributed by atoms with Gasteiger partial charge in [0.1, 0.15) is 11.2 Å². The maximum Gasteiger partial charge on any atom is 0.266 e. The smallest absolute Gasteiger partial charge is 0.266 e. The van der Waals surface area contributed by atoms with Crippen LogP contribution in [0.3, 0.4) is 0 Å². The van der Waals surface area contributed by atoms with Gasteiger partial charge in [-0.2, -0.15) is 10.9 Å². The molecule has 2 aromatic heterocycles. The Kier molecular flexibility index (Phi) is 2.48. The molecule has 0 aromatic carbocycles. The Morgan fingerprint density at radius 3 is 2.78 bits per heavy atom. The van der Waals surface area contributed by atoms with E-state index >= 15 is 0 Å². The van der Waals surface area contributed by atoms with Gasteiger partial charge in [-0.15, -0.1) is 0 Å². The molecule has 18 heavy (non-hydrogen) atoms. The van der Waals surface area contributed by atoms with Gasteiger partial charge in [-0.3, -0.25) is 9.78 Å². The number of nitrogens with zero attached hydrogens (tertiary/aromatic N) is 2. The zero-order valence-electron chi connectivity index (χ0n) is 9.87. The number of carbonyl (C=O) groups excluding carboxylic acids is 1. The van der Waals surface area contributed by atoms with Crippen molar-refractivity contribution >= 4 is 27.8 Å². The minimum Gasteiger partial charge on any atom is -0.364 e. The van der Waals surface area contributed by atoms with Gasteiger partial charge in [0.25, 0.3) is 5.91 Å². The Morgan fingerprint density at radius 2 is 2.11 bits per heavy atom. The van der Waals surface area contributed by atoms with Gasteiger partial charge in [0.2, 0.25) is 0 Å². The van der Waals surface area contributed by atoms with Crippen LogP contribution in [0.4, 0.5) is 0 Å². The fourth-order valence-electron chi connectivity index (χ4n) is 2.25. The maximum absolute atomic E-state index is 11.7. The summed E-state index contributed by atoms with van der Waals surface area (Å²) in [5.74, 6) is -0.401. The number of carbonyl (C=O) groups is 1. The molecule has 1 aliphatic rings. The van der Waals surface area contributed by atoms with E-state index in [9.17, 15) is 4.79 Å². The van der Waals surface area contributed by atoms with E-state index in [1.54, 1.807) is 6.20 Å². The third-order valence-electron chi connectivity index (χ3n) is 3.03. The summed E-state index contributed by atoms with van der Waals surface area (Å²) in [7, 11) is 1.24. The molecule has 0 fully saturated rings. The molecular weight excluding hydrogens is 246 g/mol. The fourth-order valence-corrected chi connectivity index (χ4v) is 4.14. The first-order chi connectivity index (χ1) is 8.70. The molecule has 4 nitrogen and oxygen atoms in total. The van der Waals surface area contributed by atoms with Crippen LogP contribution in [0.25, 0.3) is 11.0 Å². The first-order valence-corrected chi connectivity index (χ1v) is 7.04. The van der Waals surface area contributed by atoms with Gasteiger partial charge in [-0.05, 0) is 22.9 Å². The second-order valence-electron chi connectivity index (χ2n) is 4.08. The number of thiol groups is 1. The number of rotatable bonds is 2. The average molecular weight is 259 g/mol.